The van der Waals surface area contributed by atoms with Crippen LogP contribution >= 0.6 is 0 Å². The first-order chi connectivity index (χ1) is 12.0. The van der Waals surface area contributed by atoms with Crippen molar-refractivity contribution >= 4 is 11.9 Å². The Bertz CT molecular complexity index is 754. The summed E-state index contributed by atoms with van der Waals surface area (Å²) in [4.78, 5) is 29.5. The molecule has 0 bridgehead atoms. The highest BCUT2D eigenvalue weighted by Crippen LogP contribution is 2.25. The molecule has 1 atom stereocenters. The van der Waals surface area contributed by atoms with Crippen molar-refractivity contribution in [2.75, 3.05) is 13.1 Å². The summed E-state index contributed by atoms with van der Waals surface area (Å²) in [5.74, 6) is -0.0498. The Hall–Kier alpha value is -2.63. The van der Waals surface area contributed by atoms with E-state index in [9.17, 15) is 9.59 Å². The van der Waals surface area contributed by atoms with Gasteiger partial charge in [-0.15, -0.1) is 0 Å². The van der Waals surface area contributed by atoms with Gasteiger partial charge in [0.2, 0.25) is 5.91 Å². The first kappa shape index (κ1) is 17.2. The lowest BCUT2D eigenvalue weighted by molar-refractivity contribution is -0.145. The number of amides is 1. The average Bonchev–Trinajstić information content (AvgIpc) is 3.01. The largest absolute Gasteiger partial charge is 0.481 e. The number of nitrogens with zero attached hydrogens (tertiary/aromatic N) is 2. The minimum absolute atomic E-state index is 0.0388. The molecule has 0 aliphatic carbocycles. The number of carboxylic acid groups (broad SMARTS) is 1. The number of carbonyl (C=O) groups is 2. The third-order valence-electron chi connectivity index (χ3n) is 4.55. The normalized spacial score (nSPS) is 17.5. The van der Waals surface area contributed by atoms with Crippen LogP contribution in [0.4, 0.5) is 0 Å². The number of benzene rings is 1. The van der Waals surface area contributed by atoms with Crippen LogP contribution < -0.4 is 0 Å². The molecule has 0 spiro atoms. The zero-order valence-corrected chi connectivity index (χ0v) is 14.3. The van der Waals surface area contributed by atoms with Crippen LogP contribution in [0.3, 0.4) is 0 Å². The van der Waals surface area contributed by atoms with E-state index in [0.717, 1.165) is 23.4 Å². The van der Waals surface area contributed by atoms with Crippen molar-refractivity contribution in [3.05, 3.63) is 41.9 Å². The summed E-state index contributed by atoms with van der Waals surface area (Å²) >= 11 is 0. The van der Waals surface area contributed by atoms with Crippen molar-refractivity contribution in [1.29, 1.82) is 0 Å². The van der Waals surface area contributed by atoms with Gasteiger partial charge in [-0.25, -0.2) is 4.98 Å². The van der Waals surface area contributed by atoms with Crippen LogP contribution in [0.2, 0.25) is 0 Å². The predicted octanol–water partition coefficient (Wildman–Crippen LogP) is 2.91. The fourth-order valence-corrected chi connectivity index (χ4v) is 3.19. The lowest BCUT2D eigenvalue weighted by Crippen LogP contribution is -2.42. The second-order valence-electron chi connectivity index (χ2n) is 6.41. The molecular formula is C19H22N2O4. The minimum atomic E-state index is -0.826. The Morgan fingerprint density at radius 1 is 1.32 bits per heavy atom. The van der Waals surface area contributed by atoms with Gasteiger partial charge in [-0.3, -0.25) is 9.59 Å². The molecule has 1 fully saturated rings. The maximum absolute atomic E-state index is 12.4. The van der Waals surface area contributed by atoms with Crippen LogP contribution in [0.25, 0.3) is 11.3 Å². The smallest absolute Gasteiger partial charge is 0.308 e. The molecule has 1 aliphatic heterocycles. The molecule has 0 radical (unpaired) electrons. The third kappa shape index (κ3) is 4.07. The van der Waals surface area contributed by atoms with Crippen LogP contribution in [0.1, 0.15) is 30.8 Å². The lowest BCUT2D eigenvalue weighted by atomic mass is 9.98. The summed E-state index contributed by atoms with van der Waals surface area (Å²) < 4.78 is 5.82. The number of hydrogen-bond donors (Lipinski definition) is 1. The summed E-state index contributed by atoms with van der Waals surface area (Å²) in [6.45, 7) is 2.82. The number of aryl methyl sites for hydroxylation is 2. The Morgan fingerprint density at radius 2 is 2.08 bits per heavy atom. The van der Waals surface area contributed by atoms with Gasteiger partial charge in [0.1, 0.15) is 0 Å². The van der Waals surface area contributed by atoms with Gasteiger partial charge in [0.05, 0.1) is 11.6 Å². The molecule has 1 aromatic carbocycles. The first-order valence-electron chi connectivity index (χ1n) is 8.57. The molecule has 1 saturated heterocycles. The van der Waals surface area contributed by atoms with Gasteiger partial charge >= 0.3 is 5.97 Å². The number of carbonyl (C=O) groups excluding carboxylic acids is 1. The summed E-state index contributed by atoms with van der Waals surface area (Å²) in [7, 11) is 0. The predicted molar refractivity (Wildman–Crippen MR) is 91.9 cm³/mol. The molecule has 1 aromatic heterocycles. The van der Waals surface area contributed by atoms with Gasteiger partial charge in [0.15, 0.2) is 11.7 Å². The molecule has 2 heterocycles. The standard InChI is InChI=1S/C19H22N2O4/c1-13-18(14-6-3-2-4-7-14)25-16(20-13)9-10-17(22)21-11-5-8-15(12-21)19(23)24/h2-4,6-7,15H,5,8-12H2,1H3,(H,23,24)/t15-/m0/s1. The molecule has 1 amide bonds. The number of oxazole rings is 1. The first-order valence-corrected chi connectivity index (χ1v) is 8.57. The maximum Gasteiger partial charge on any atom is 0.308 e. The highest BCUT2D eigenvalue weighted by atomic mass is 16.4. The van der Waals surface area contributed by atoms with E-state index in [0.29, 0.717) is 31.8 Å². The molecule has 2 aromatic rings. The van der Waals surface area contributed by atoms with Gasteiger partial charge in [0, 0.05) is 31.5 Å². The molecule has 3 rings (SSSR count). The van der Waals surface area contributed by atoms with E-state index < -0.39 is 11.9 Å². The number of hydrogen-bond acceptors (Lipinski definition) is 4. The average molecular weight is 342 g/mol. The fraction of sp³-hybridized carbons (Fsp3) is 0.421. The molecule has 25 heavy (non-hydrogen) atoms. The number of aromatic nitrogens is 1. The Labute approximate surface area is 146 Å². The Balaban J connectivity index is 1.60. The van der Waals surface area contributed by atoms with E-state index in [4.69, 9.17) is 9.52 Å². The zero-order chi connectivity index (χ0) is 17.8. The Kier molecular flexibility index (Phi) is 5.16. The molecule has 1 N–H and O–H groups in total. The van der Waals surface area contributed by atoms with Crippen LogP contribution in [0, 0.1) is 12.8 Å². The highest BCUT2D eigenvalue weighted by Gasteiger charge is 2.28. The number of rotatable bonds is 5. The molecule has 1 aliphatic rings. The highest BCUT2D eigenvalue weighted by molar-refractivity contribution is 5.78. The van der Waals surface area contributed by atoms with E-state index in [2.05, 4.69) is 4.98 Å². The zero-order valence-electron chi connectivity index (χ0n) is 14.3. The second-order valence-corrected chi connectivity index (χ2v) is 6.41. The molecule has 0 unspecified atom stereocenters. The van der Waals surface area contributed by atoms with Gasteiger partial charge in [-0.2, -0.15) is 0 Å². The van der Waals surface area contributed by atoms with Crippen molar-refractivity contribution < 1.29 is 19.1 Å². The maximum atomic E-state index is 12.4. The molecule has 132 valence electrons. The van der Waals surface area contributed by atoms with E-state index in [-0.39, 0.29) is 12.3 Å². The number of aliphatic carboxylic acids is 1. The number of piperidine rings is 1. The quantitative estimate of drug-likeness (QED) is 0.903. The van der Waals surface area contributed by atoms with Gasteiger partial charge < -0.3 is 14.4 Å². The van der Waals surface area contributed by atoms with Crippen LogP contribution in [-0.4, -0.2) is 40.0 Å². The van der Waals surface area contributed by atoms with Crippen molar-refractivity contribution in [3.8, 4) is 11.3 Å². The minimum Gasteiger partial charge on any atom is -0.481 e. The van der Waals surface area contributed by atoms with Crippen molar-refractivity contribution in [3.63, 3.8) is 0 Å². The topological polar surface area (TPSA) is 83.6 Å². The molecule has 6 heteroatoms. The van der Waals surface area contributed by atoms with Gasteiger partial charge in [-0.1, -0.05) is 30.3 Å². The SMILES string of the molecule is Cc1nc(CCC(=O)N2CCC[C@H](C(=O)O)C2)oc1-c1ccccc1. The van der Waals surface area contributed by atoms with Crippen LogP contribution in [-0.2, 0) is 16.0 Å². The van der Waals surface area contributed by atoms with Crippen LogP contribution in [0.15, 0.2) is 34.7 Å². The Morgan fingerprint density at radius 3 is 2.80 bits per heavy atom. The fourth-order valence-electron chi connectivity index (χ4n) is 3.19. The molecular weight excluding hydrogens is 320 g/mol. The number of carboxylic acids is 1. The van der Waals surface area contributed by atoms with Crippen LogP contribution in [0.5, 0.6) is 0 Å². The van der Waals surface area contributed by atoms with Gasteiger partial charge in [0.25, 0.3) is 0 Å². The third-order valence-corrected chi connectivity index (χ3v) is 4.55. The summed E-state index contributed by atoms with van der Waals surface area (Å²) in [6, 6.07) is 9.74. The van der Waals surface area contributed by atoms with E-state index >= 15 is 0 Å². The van der Waals surface area contributed by atoms with Crippen molar-refractivity contribution in [2.45, 2.75) is 32.6 Å². The number of likely N-dealkylation sites (tertiary alicyclic amines) is 1. The molecule has 6 nitrogen and oxygen atoms in total. The summed E-state index contributed by atoms with van der Waals surface area (Å²) in [5, 5.41) is 9.12. The summed E-state index contributed by atoms with van der Waals surface area (Å²) in [6.07, 6.45) is 2.07. The van der Waals surface area contributed by atoms with Crippen molar-refractivity contribution in [2.24, 2.45) is 5.92 Å². The van der Waals surface area contributed by atoms with E-state index in [1.54, 1.807) is 4.90 Å². The lowest BCUT2D eigenvalue weighted by Gasteiger charge is -2.30. The van der Waals surface area contributed by atoms with E-state index in [1.165, 1.54) is 0 Å². The second kappa shape index (κ2) is 7.51. The molecule has 0 saturated carbocycles. The van der Waals surface area contributed by atoms with Crippen molar-refractivity contribution in [1.82, 2.24) is 9.88 Å². The van der Waals surface area contributed by atoms with Gasteiger partial charge in [-0.05, 0) is 19.8 Å². The monoisotopic (exact) mass is 342 g/mol. The summed E-state index contributed by atoms with van der Waals surface area (Å²) in [5.41, 5.74) is 1.77. The van der Waals surface area contributed by atoms with E-state index in [1.807, 2.05) is 37.3 Å².